The van der Waals surface area contributed by atoms with Crippen molar-refractivity contribution in [1.82, 2.24) is 0 Å². The Balaban J connectivity index is 3.73. The number of nitrogens with zero attached hydrogens (tertiary/aromatic N) is 1. The predicted octanol–water partition coefficient (Wildman–Crippen LogP) is 1.57. The van der Waals surface area contributed by atoms with Gasteiger partial charge in [-0.05, 0) is 19.9 Å². The van der Waals surface area contributed by atoms with Crippen LogP contribution >= 0.6 is 0 Å². The van der Waals surface area contributed by atoms with E-state index < -0.39 is 4.92 Å². The van der Waals surface area contributed by atoms with Crippen molar-refractivity contribution in [3.63, 3.8) is 0 Å². The normalized spacial score (nSPS) is 11.3. The van der Waals surface area contributed by atoms with Crippen molar-refractivity contribution in [2.45, 2.75) is 26.6 Å². The lowest BCUT2D eigenvalue weighted by atomic mass is 10.4. The standard InChI is InChI=1S/C8H15NO4/c1-3-12-8(13-4-2)6-5-7-9(10)11/h5,7-8H,3-4,6H2,1-2H3/b7-5+. The third-order valence-corrected chi connectivity index (χ3v) is 1.26. The maximum Gasteiger partial charge on any atom is 0.230 e. The molecule has 0 saturated carbocycles. The first-order valence-corrected chi connectivity index (χ1v) is 4.24. The van der Waals surface area contributed by atoms with Crippen molar-refractivity contribution in [1.29, 1.82) is 0 Å². The second kappa shape index (κ2) is 7.70. The summed E-state index contributed by atoms with van der Waals surface area (Å²) in [6, 6.07) is 0. The Morgan fingerprint density at radius 2 is 1.92 bits per heavy atom. The van der Waals surface area contributed by atoms with Gasteiger partial charge in [0.25, 0.3) is 0 Å². The van der Waals surface area contributed by atoms with Crippen LogP contribution in [0, 0.1) is 10.1 Å². The third-order valence-electron chi connectivity index (χ3n) is 1.26. The Morgan fingerprint density at radius 1 is 1.38 bits per heavy atom. The summed E-state index contributed by atoms with van der Waals surface area (Å²) >= 11 is 0. The van der Waals surface area contributed by atoms with Gasteiger partial charge in [0, 0.05) is 19.6 Å². The Bertz CT molecular complexity index is 164. The molecule has 0 aromatic carbocycles. The van der Waals surface area contributed by atoms with Crippen LogP contribution in [0.4, 0.5) is 0 Å². The molecule has 0 saturated heterocycles. The monoisotopic (exact) mass is 189 g/mol. The highest BCUT2D eigenvalue weighted by molar-refractivity contribution is 4.74. The SMILES string of the molecule is CCOC(C/C=C/[N+](=O)[O-])OCC. The van der Waals surface area contributed by atoms with E-state index in [2.05, 4.69) is 0 Å². The summed E-state index contributed by atoms with van der Waals surface area (Å²) in [5, 5.41) is 9.93. The molecule has 13 heavy (non-hydrogen) atoms. The van der Waals surface area contributed by atoms with Crippen molar-refractivity contribution in [2.24, 2.45) is 0 Å². The Kier molecular flexibility index (Phi) is 7.14. The van der Waals surface area contributed by atoms with Crippen LogP contribution in [0.25, 0.3) is 0 Å². The van der Waals surface area contributed by atoms with E-state index in [9.17, 15) is 10.1 Å². The van der Waals surface area contributed by atoms with Crippen LogP contribution in [-0.4, -0.2) is 24.4 Å². The van der Waals surface area contributed by atoms with Gasteiger partial charge in [-0.2, -0.15) is 0 Å². The molecule has 5 heteroatoms. The van der Waals surface area contributed by atoms with Crippen LogP contribution in [-0.2, 0) is 9.47 Å². The van der Waals surface area contributed by atoms with Crippen molar-refractivity contribution >= 4 is 0 Å². The van der Waals surface area contributed by atoms with Gasteiger partial charge in [0.15, 0.2) is 6.29 Å². The minimum Gasteiger partial charge on any atom is -0.353 e. The zero-order chi connectivity index (χ0) is 10.1. The van der Waals surface area contributed by atoms with Crippen LogP contribution < -0.4 is 0 Å². The quantitative estimate of drug-likeness (QED) is 0.346. The first kappa shape index (κ1) is 12.1. The molecule has 5 nitrogen and oxygen atoms in total. The molecule has 76 valence electrons. The van der Waals surface area contributed by atoms with E-state index in [-0.39, 0.29) is 6.29 Å². The van der Waals surface area contributed by atoms with Crippen molar-refractivity contribution in [3.8, 4) is 0 Å². The molecule has 0 bridgehead atoms. The van der Waals surface area contributed by atoms with Crippen LogP contribution in [0.3, 0.4) is 0 Å². The molecule has 0 fully saturated rings. The van der Waals surface area contributed by atoms with Gasteiger partial charge < -0.3 is 9.47 Å². The van der Waals surface area contributed by atoms with Gasteiger partial charge in [0.1, 0.15) is 0 Å². The Hall–Kier alpha value is -0.940. The van der Waals surface area contributed by atoms with Crippen molar-refractivity contribution in [3.05, 3.63) is 22.4 Å². The molecule has 0 aromatic rings. The molecule has 0 unspecified atom stereocenters. The minimum atomic E-state index is -0.505. The minimum absolute atomic E-state index is 0.369. The summed E-state index contributed by atoms with van der Waals surface area (Å²) in [6.07, 6.45) is 2.36. The summed E-state index contributed by atoms with van der Waals surface area (Å²) in [7, 11) is 0. The summed E-state index contributed by atoms with van der Waals surface area (Å²) in [4.78, 5) is 9.43. The zero-order valence-corrected chi connectivity index (χ0v) is 7.93. The highest BCUT2D eigenvalue weighted by Crippen LogP contribution is 2.01. The lowest BCUT2D eigenvalue weighted by molar-refractivity contribution is -0.402. The second-order valence-corrected chi connectivity index (χ2v) is 2.25. The fraction of sp³-hybridized carbons (Fsp3) is 0.750. The van der Waals surface area contributed by atoms with Crippen LogP contribution in [0.2, 0.25) is 0 Å². The fourth-order valence-corrected chi connectivity index (χ4v) is 0.814. The van der Waals surface area contributed by atoms with E-state index in [0.717, 1.165) is 6.20 Å². The maximum absolute atomic E-state index is 9.93. The first-order chi connectivity index (χ1) is 6.20. The molecule has 0 radical (unpaired) electrons. The molecular weight excluding hydrogens is 174 g/mol. The smallest absolute Gasteiger partial charge is 0.230 e. The number of hydrogen-bond donors (Lipinski definition) is 0. The molecule has 0 aromatic heterocycles. The number of nitro groups is 1. The van der Waals surface area contributed by atoms with Gasteiger partial charge in [-0.15, -0.1) is 0 Å². The molecule has 0 aliphatic heterocycles. The van der Waals surface area contributed by atoms with E-state index in [1.54, 1.807) is 0 Å². The van der Waals surface area contributed by atoms with E-state index in [4.69, 9.17) is 9.47 Å². The summed E-state index contributed by atoms with van der Waals surface area (Å²) in [6.45, 7) is 4.78. The van der Waals surface area contributed by atoms with E-state index >= 15 is 0 Å². The fourth-order valence-electron chi connectivity index (χ4n) is 0.814. The topological polar surface area (TPSA) is 61.6 Å². The summed E-state index contributed by atoms with van der Waals surface area (Å²) < 4.78 is 10.3. The highest BCUT2D eigenvalue weighted by Gasteiger charge is 2.05. The largest absolute Gasteiger partial charge is 0.353 e. The molecule has 0 N–H and O–H groups in total. The van der Waals surface area contributed by atoms with Gasteiger partial charge in [0.2, 0.25) is 6.20 Å². The Morgan fingerprint density at radius 3 is 2.31 bits per heavy atom. The van der Waals surface area contributed by atoms with E-state index in [1.807, 2.05) is 13.8 Å². The lowest BCUT2D eigenvalue weighted by Crippen LogP contribution is -2.16. The van der Waals surface area contributed by atoms with Crippen LogP contribution in [0.15, 0.2) is 12.3 Å². The van der Waals surface area contributed by atoms with Crippen molar-refractivity contribution < 1.29 is 14.4 Å². The van der Waals surface area contributed by atoms with E-state index in [0.29, 0.717) is 19.6 Å². The zero-order valence-electron chi connectivity index (χ0n) is 7.93. The Labute approximate surface area is 77.5 Å². The number of hydrogen-bond acceptors (Lipinski definition) is 4. The molecular formula is C8H15NO4. The van der Waals surface area contributed by atoms with Crippen LogP contribution in [0.1, 0.15) is 20.3 Å². The summed E-state index contributed by atoms with van der Waals surface area (Å²) in [5.74, 6) is 0. The number of rotatable bonds is 7. The average molecular weight is 189 g/mol. The first-order valence-electron chi connectivity index (χ1n) is 4.24. The number of ether oxygens (including phenoxy) is 2. The predicted molar refractivity (Wildman–Crippen MR) is 47.8 cm³/mol. The molecule has 0 heterocycles. The van der Waals surface area contributed by atoms with Gasteiger partial charge in [0.05, 0.1) is 4.92 Å². The average Bonchev–Trinajstić information content (AvgIpc) is 2.04. The molecule has 0 rings (SSSR count). The molecule has 0 spiro atoms. The highest BCUT2D eigenvalue weighted by atomic mass is 16.7. The molecule has 0 aliphatic rings. The lowest BCUT2D eigenvalue weighted by Gasteiger charge is -2.13. The van der Waals surface area contributed by atoms with E-state index in [1.165, 1.54) is 6.08 Å². The van der Waals surface area contributed by atoms with Gasteiger partial charge in [-0.3, -0.25) is 10.1 Å². The third kappa shape index (κ3) is 7.42. The molecule has 0 atom stereocenters. The van der Waals surface area contributed by atoms with Crippen molar-refractivity contribution in [2.75, 3.05) is 13.2 Å². The summed E-state index contributed by atoms with van der Waals surface area (Å²) in [5.41, 5.74) is 0. The van der Waals surface area contributed by atoms with Gasteiger partial charge >= 0.3 is 0 Å². The second-order valence-electron chi connectivity index (χ2n) is 2.25. The molecule has 0 amide bonds. The van der Waals surface area contributed by atoms with Gasteiger partial charge in [-0.1, -0.05) is 0 Å². The van der Waals surface area contributed by atoms with Gasteiger partial charge in [-0.25, -0.2) is 0 Å². The maximum atomic E-state index is 9.93. The van der Waals surface area contributed by atoms with Crippen LogP contribution in [0.5, 0.6) is 0 Å². The molecule has 0 aliphatic carbocycles.